The first kappa shape index (κ1) is 13.2. The van der Waals surface area contributed by atoms with Gasteiger partial charge in [-0.15, -0.1) is 0 Å². The van der Waals surface area contributed by atoms with E-state index in [0.717, 1.165) is 18.1 Å². The lowest BCUT2D eigenvalue weighted by Gasteiger charge is -2.19. The number of aromatic nitrogens is 1. The van der Waals surface area contributed by atoms with Gasteiger partial charge in [-0.3, -0.25) is 4.90 Å². The van der Waals surface area contributed by atoms with Crippen molar-refractivity contribution in [3.05, 3.63) is 22.8 Å². The predicted octanol–water partition coefficient (Wildman–Crippen LogP) is 1.59. The Morgan fingerprint density at radius 3 is 2.81 bits per heavy atom. The van der Waals surface area contributed by atoms with Gasteiger partial charge in [0.25, 0.3) is 0 Å². The number of rotatable bonds is 6. The first-order chi connectivity index (χ1) is 7.71. The molecule has 5 heteroatoms. The number of anilines is 1. The van der Waals surface area contributed by atoms with E-state index in [2.05, 4.69) is 15.2 Å². The Kier molecular flexibility index (Phi) is 5.52. The number of halogens is 1. The quantitative estimate of drug-likeness (QED) is 0.797. The molecule has 0 saturated heterocycles. The van der Waals surface area contributed by atoms with E-state index in [1.165, 1.54) is 0 Å². The molecular formula is C11H18ClN3O. The minimum absolute atomic E-state index is 0.150. The Balaban J connectivity index is 2.77. The first-order valence-corrected chi connectivity index (χ1v) is 5.75. The van der Waals surface area contributed by atoms with Crippen LogP contribution in [0.2, 0.25) is 5.02 Å². The summed E-state index contributed by atoms with van der Waals surface area (Å²) in [5.74, 6) is 0.805. The molecule has 0 unspecified atom stereocenters. The zero-order valence-electron chi connectivity index (χ0n) is 9.70. The lowest BCUT2D eigenvalue weighted by molar-refractivity contribution is 0.195. The van der Waals surface area contributed by atoms with E-state index in [1.807, 2.05) is 26.1 Å². The van der Waals surface area contributed by atoms with Crippen LogP contribution in [0.4, 0.5) is 5.82 Å². The van der Waals surface area contributed by atoms with Gasteiger partial charge in [-0.05, 0) is 18.7 Å². The summed E-state index contributed by atoms with van der Waals surface area (Å²) in [6.45, 7) is 4.36. The molecule has 0 amide bonds. The number of aliphatic hydroxyl groups excluding tert-OH is 1. The molecule has 0 fully saturated rings. The van der Waals surface area contributed by atoms with E-state index in [0.29, 0.717) is 18.1 Å². The zero-order chi connectivity index (χ0) is 12.0. The molecule has 1 aromatic heterocycles. The third-order valence-electron chi connectivity index (χ3n) is 2.41. The number of nitrogens with one attached hydrogen (secondary N) is 1. The van der Waals surface area contributed by atoms with Crippen LogP contribution in [0, 0.1) is 0 Å². The number of aliphatic hydroxyl groups is 1. The molecule has 0 radical (unpaired) electrons. The summed E-state index contributed by atoms with van der Waals surface area (Å²) >= 11 is 6.07. The van der Waals surface area contributed by atoms with Crippen molar-refractivity contribution in [1.29, 1.82) is 0 Å². The van der Waals surface area contributed by atoms with Crippen LogP contribution in [-0.4, -0.2) is 41.7 Å². The molecule has 0 bridgehead atoms. The molecule has 16 heavy (non-hydrogen) atoms. The second-order valence-electron chi connectivity index (χ2n) is 3.47. The molecule has 1 heterocycles. The summed E-state index contributed by atoms with van der Waals surface area (Å²) < 4.78 is 0. The molecule has 2 N–H and O–H groups in total. The third-order valence-corrected chi connectivity index (χ3v) is 2.76. The number of nitrogens with zero attached hydrogens (tertiary/aromatic N) is 2. The van der Waals surface area contributed by atoms with E-state index < -0.39 is 0 Å². The largest absolute Gasteiger partial charge is 0.395 e. The van der Waals surface area contributed by atoms with Crippen molar-refractivity contribution in [1.82, 2.24) is 9.88 Å². The summed E-state index contributed by atoms with van der Waals surface area (Å²) in [7, 11) is 1.82. The van der Waals surface area contributed by atoms with Crippen molar-refractivity contribution >= 4 is 17.4 Å². The molecule has 0 spiro atoms. The minimum atomic E-state index is 0.150. The summed E-state index contributed by atoms with van der Waals surface area (Å²) in [4.78, 5) is 6.49. The molecule has 0 aromatic carbocycles. The van der Waals surface area contributed by atoms with Crippen LogP contribution in [0.3, 0.4) is 0 Å². The van der Waals surface area contributed by atoms with Crippen LogP contribution < -0.4 is 5.32 Å². The standard InChI is InChI=1S/C11H18ClN3O/c1-3-15(6-7-16)8-10-9(12)4-5-11(13-2)14-10/h4-5,16H,3,6-8H2,1-2H3,(H,13,14). The highest BCUT2D eigenvalue weighted by atomic mass is 35.5. The maximum atomic E-state index is 8.91. The molecule has 4 nitrogen and oxygen atoms in total. The Bertz CT molecular complexity index is 333. The van der Waals surface area contributed by atoms with Gasteiger partial charge in [0.2, 0.25) is 0 Å². The average Bonchev–Trinajstić information content (AvgIpc) is 2.31. The Morgan fingerprint density at radius 2 is 2.25 bits per heavy atom. The van der Waals surface area contributed by atoms with Gasteiger partial charge in [0.05, 0.1) is 17.3 Å². The van der Waals surface area contributed by atoms with E-state index >= 15 is 0 Å². The van der Waals surface area contributed by atoms with Gasteiger partial charge >= 0.3 is 0 Å². The minimum Gasteiger partial charge on any atom is -0.395 e. The van der Waals surface area contributed by atoms with Gasteiger partial charge in [0, 0.05) is 20.1 Å². The van der Waals surface area contributed by atoms with Crippen LogP contribution in [0.25, 0.3) is 0 Å². The van der Waals surface area contributed by atoms with Crippen LogP contribution >= 0.6 is 11.6 Å². The Labute approximate surface area is 101 Å². The van der Waals surface area contributed by atoms with Gasteiger partial charge in [0.1, 0.15) is 5.82 Å². The fourth-order valence-corrected chi connectivity index (χ4v) is 1.60. The van der Waals surface area contributed by atoms with Gasteiger partial charge in [0.15, 0.2) is 0 Å². The van der Waals surface area contributed by atoms with Gasteiger partial charge in [-0.2, -0.15) is 0 Å². The van der Waals surface area contributed by atoms with Crippen LogP contribution in [-0.2, 0) is 6.54 Å². The molecule has 1 aromatic rings. The lowest BCUT2D eigenvalue weighted by atomic mass is 10.3. The summed E-state index contributed by atoms with van der Waals surface area (Å²) in [6.07, 6.45) is 0. The first-order valence-electron chi connectivity index (χ1n) is 5.37. The lowest BCUT2D eigenvalue weighted by Crippen LogP contribution is -2.26. The van der Waals surface area contributed by atoms with Crippen molar-refractivity contribution in [2.24, 2.45) is 0 Å². The predicted molar refractivity (Wildman–Crippen MR) is 66.8 cm³/mol. The van der Waals surface area contributed by atoms with Gasteiger partial charge < -0.3 is 10.4 Å². The van der Waals surface area contributed by atoms with Crippen LogP contribution in [0.15, 0.2) is 12.1 Å². The molecule has 0 aliphatic carbocycles. The van der Waals surface area contributed by atoms with Crippen molar-refractivity contribution in [2.75, 3.05) is 32.1 Å². The topological polar surface area (TPSA) is 48.4 Å². The number of likely N-dealkylation sites (N-methyl/N-ethyl adjacent to an activating group) is 1. The highest BCUT2D eigenvalue weighted by Crippen LogP contribution is 2.18. The molecule has 1 rings (SSSR count). The van der Waals surface area contributed by atoms with E-state index in [9.17, 15) is 0 Å². The number of hydrogen-bond acceptors (Lipinski definition) is 4. The van der Waals surface area contributed by atoms with E-state index in [-0.39, 0.29) is 6.61 Å². The highest BCUT2D eigenvalue weighted by molar-refractivity contribution is 6.31. The average molecular weight is 244 g/mol. The molecule has 0 aliphatic heterocycles. The molecule has 0 aliphatic rings. The van der Waals surface area contributed by atoms with Crippen molar-refractivity contribution in [3.63, 3.8) is 0 Å². The second kappa shape index (κ2) is 6.68. The smallest absolute Gasteiger partial charge is 0.126 e. The van der Waals surface area contributed by atoms with Crippen molar-refractivity contribution < 1.29 is 5.11 Å². The number of hydrogen-bond donors (Lipinski definition) is 2. The highest BCUT2D eigenvalue weighted by Gasteiger charge is 2.08. The maximum Gasteiger partial charge on any atom is 0.126 e. The van der Waals surface area contributed by atoms with Crippen LogP contribution in [0.5, 0.6) is 0 Å². The van der Waals surface area contributed by atoms with E-state index in [1.54, 1.807) is 0 Å². The monoisotopic (exact) mass is 243 g/mol. The van der Waals surface area contributed by atoms with Crippen molar-refractivity contribution in [3.8, 4) is 0 Å². The Hall–Kier alpha value is -0.840. The molecule has 0 atom stereocenters. The molecule has 0 saturated carbocycles. The maximum absolute atomic E-state index is 8.91. The van der Waals surface area contributed by atoms with Gasteiger partial charge in [-0.25, -0.2) is 4.98 Å². The fourth-order valence-electron chi connectivity index (χ4n) is 1.44. The fraction of sp³-hybridized carbons (Fsp3) is 0.545. The van der Waals surface area contributed by atoms with E-state index in [4.69, 9.17) is 16.7 Å². The second-order valence-corrected chi connectivity index (χ2v) is 3.87. The summed E-state index contributed by atoms with van der Waals surface area (Å²) in [5.41, 5.74) is 0.837. The molecule has 90 valence electrons. The SMILES string of the molecule is CCN(CCO)Cc1nc(NC)ccc1Cl. The zero-order valence-corrected chi connectivity index (χ0v) is 10.5. The number of pyridine rings is 1. The summed E-state index contributed by atoms with van der Waals surface area (Å²) in [5, 5.41) is 12.6. The Morgan fingerprint density at radius 1 is 1.50 bits per heavy atom. The third kappa shape index (κ3) is 3.63. The van der Waals surface area contributed by atoms with Crippen molar-refractivity contribution in [2.45, 2.75) is 13.5 Å². The van der Waals surface area contributed by atoms with Crippen LogP contribution in [0.1, 0.15) is 12.6 Å². The normalized spacial score (nSPS) is 10.8. The van der Waals surface area contributed by atoms with Gasteiger partial charge in [-0.1, -0.05) is 18.5 Å². The summed E-state index contributed by atoms with van der Waals surface area (Å²) in [6, 6.07) is 3.68. The molecular weight excluding hydrogens is 226 g/mol.